The first kappa shape index (κ1) is 18.9. The van der Waals surface area contributed by atoms with Crippen LogP contribution in [-0.2, 0) is 0 Å². The highest BCUT2D eigenvalue weighted by molar-refractivity contribution is 7.73. The zero-order chi connectivity index (χ0) is 17.1. The van der Waals surface area contributed by atoms with Crippen LogP contribution in [0.1, 0.15) is 79.1 Å². The fourth-order valence-corrected chi connectivity index (χ4v) is 13.1. The fourth-order valence-electron chi connectivity index (χ4n) is 5.21. The molecule has 5 atom stereocenters. The molecule has 2 fully saturated rings. The van der Waals surface area contributed by atoms with Gasteiger partial charge in [-0.25, -0.2) is 0 Å². The van der Waals surface area contributed by atoms with Crippen molar-refractivity contribution in [2.24, 2.45) is 0 Å². The zero-order valence-electron chi connectivity index (χ0n) is 16.2. The van der Waals surface area contributed by atoms with Crippen LogP contribution in [0.4, 0.5) is 0 Å². The van der Waals surface area contributed by atoms with Gasteiger partial charge in [0.05, 0.1) is 0 Å². The van der Waals surface area contributed by atoms with Crippen LogP contribution in [0.5, 0.6) is 0 Å². The van der Waals surface area contributed by atoms with E-state index in [4.69, 9.17) is 0 Å². The van der Waals surface area contributed by atoms with Crippen molar-refractivity contribution < 1.29 is 0 Å². The lowest BCUT2D eigenvalue weighted by molar-refractivity contribution is 0.696. The summed E-state index contributed by atoms with van der Waals surface area (Å²) >= 11 is 0. The van der Waals surface area contributed by atoms with E-state index in [0.29, 0.717) is 0 Å². The van der Waals surface area contributed by atoms with Gasteiger partial charge in [0.15, 0.2) is 0 Å². The molecule has 2 heterocycles. The largest absolute Gasteiger partial charge is 0.0683 e. The maximum Gasteiger partial charge on any atom is -0.0158 e. The Morgan fingerprint density at radius 1 is 0.625 bits per heavy atom. The lowest BCUT2D eigenvalue weighted by atomic mass is 10.1. The minimum atomic E-state index is 0.0639. The predicted molar refractivity (Wildman–Crippen MR) is 114 cm³/mol. The maximum absolute atomic E-state index is 2.55. The van der Waals surface area contributed by atoms with Gasteiger partial charge in [0.1, 0.15) is 0 Å². The van der Waals surface area contributed by atoms with Gasteiger partial charge in [0.25, 0.3) is 0 Å². The summed E-state index contributed by atoms with van der Waals surface area (Å²) in [5.41, 5.74) is 3.96. The highest BCUT2D eigenvalue weighted by Crippen LogP contribution is 2.61. The summed E-state index contributed by atoms with van der Waals surface area (Å²) in [5.74, 6) is 0. The summed E-state index contributed by atoms with van der Waals surface area (Å²) in [6, 6.07) is 9.79. The van der Waals surface area contributed by atoms with Crippen molar-refractivity contribution >= 4 is 26.5 Å². The standard InChI is InChI=1S/C22H36P2/c1-5-17-13-14-18(6-2)23(17)21-11-9-10-12-22(21)24-19(7-3)15-16-20(24)8-4/h9-12,17-20H,5-8,13-16H2,1-4H3/t17-,18?,19?,20?,23?,24?/m0/s1. The molecular formula is C22H36P2. The molecule has 2 saturated heterocycles. The normalized spacial score (nSPS) is 36.3. The van der Waals surface area contributed by atoms with Crippen molar-refractivity contribution in [3.8, 4) is 0 Å². The Balaban J connectivity index is 2.01. The summed E-state index contributed by atoms with van der Waals surface area (Å²) < 4.78 is 0. The van der Waals surface area contributed by atoms with Crippen molar-refractivity contribution in [2.45, 2.75) is 102 Å². The molecule has 3 rings (SSSR count). The van der Waals surface area contributed by atoms with Crippen molar-refractivity contribution in [1.29, 1.82) is 0 Å². The van der Waals surface area contributed by atoms with Crippen LogP contribution >= 0.6 is 15.8 Å². The monoisotopic (exact) mass is 362 g/mol. The Kier molecular flexibility index (Phi) is 6.79. The Morgan fingerprint density at radius 2 is 0.917 bits per heavy atom. The van der Waals surface area contributed by atoms with Gasteiger partial charge in [-0.1, -0.05) is 67.8 Å². The highest BCUT2D eigenvalue weighted by Gasteiger charge is 2.40. The van der Waals surface area contributed by atoms with E-state index >= 15 is 0 Å². The number of rotatable bonds is 6. The van der Waals surface area contributed by atoms with E-state index in [9.17, 15) is 0 Å². The first-order chi connectivity index (χ1) is 11.7. The Morgan fingerprint density at radius 3 is 1.17 bits per heavy atom. The van der Waals surface area contributed by atoms with Crippen LogP contribution in [-0.4, -0.2) is 22.6 Å². The number of hydrogen-bond donors (Lipinski definition) is 0. The van der Waals surface area contributed by atoms with Gasteiger partial charge >= 0.3 is 0 Å². The van der Waals surface area contributed by atoms with Gasteiger partial charge in [0, 0.05) is 0 Å². The van der Waals surface area contributed by atoms with E-state index in [1.807, 2.05) is 10.6 Å². The molecule has 134 valence electrons. The topological polar surface area (TPSA) is 0 Å². The summed E-state index contributed by atoms with van der Waals surface area (Å²) in [6.07, 6.45) is 11.5. The molecule has 0 radical (unpaired) electrons. The quantitative estimate of drug-likeness (QED) is 0.500. The second-order valence-corrected chi connectivity index (χ2v) is 13.2. The van der Waals surface area contributed by atoms with Gasteiger partial charge in [-0.15, -0.1) is 0 Å². The second-order valence-electron chi connectivity index (χ2n) is 7.71. The SMILES string of the molecule is CCC1CCC(CC)P1c1ccccc1P1C(CC)CC[C@@H]1CC. The third-order valence-electron chi connectivity index (χ3n) is 6.56. The Labute approximate surface area is 152 Å². The number of hydrogen-bond acceptors (Lipinski definition) is 0. The minimum absolute atomic E-state index is 0.0639. The van der Waals surface area contributed by atoms with E-state index in [1.165, 1.54) is 51.4 Å². The molecule has 24 heavy (non-hydrogen) atoms. The average molecular weight is 362 g/mol. The highest BCUT2D eigenvalue weighted by atomic mass is 31.1. The molecular weight excluding hydrogens is 326 g/mol. The first-order valence-electron chi connectivity index (χ1n) is 10.4. The predicted octanol–water partition coefficient (Wildman–Crippen LogP) is 6.60. The van der Waals surface area contributed by atoms with Gasteiger partial charge in [-0.2, -0.15) is 0 Å². The maximum atomic E-state index is 2.55. The molecule has 0 N–H and O–H groups in total. The average Bonchev–Trinajstić information content (AvgIpc) is 3.24. The van der Waals surface area contributed by atoms with Crippen molar-refractivity contribution in [3.05, 3.63) is 24.3 Å². The van der Waals surface area contributed by atoms with Crippen LogP contribution in [0.3, 0.4) is 0 Å². The van der Waals surface area contributed by atoms with E-state index in [1.54, 1.807) is 0 Å². The smallest absolute Gasteiger partial charge is 0.0158 e. The van der Waals surface area contributed by atoms with E-state index in [-0.39, 0.29) is 15.8 Å². The minimum Gasteiger partial charge on any atom is -0.0683 e. The molecule has 0 bridgehead atoms. The van der Waals surface area contributed by atoms with E-state index in [0.717, 1.165) is 22.6 Å². The van der Waals surface area contributed by atoms with Gasteiger partial charge in [-0.3, -0.25) is 0 Å². The molecule has 4 unspecified atom stereocenters. The van der Waals surface area contributed by atoms with Gasteiger partial charge in [0.2, 0.25) is 0 Å². The Hall–Kier alpha value is 0.0800. The van der Waals surface area contributed by atoms with Crippen LogP contribution in [0.25, 0.3) is 0 Å². The van der Waals surface area contributed by atoms with Crippen LogP contribution < -0.4 is 10.6 Å². The molecule has 0 saturated carbocycles. The summed E-state index contributed by atoms with van der Waals surface area (Å²) in [7, 11) is 0.128. The van der Waals surface area contributed by atoms with Crippen LogP contribution in [0.15, 0.2) is 24.3 Å². The lowest BCUT2D eigenvalue weighted by Gasteiger charge is -2.32. The molecule has 0 nitrogen and oxygen atoms in total. The zero-order valence-corrected chi connectivity index (χ0v) is 18.0. The van der Waals surface area contributed by atoms with Crippen molar-refractivity contribution in [3.63, 3.8) is 0 Å². The lowest BCUT2D eigenvalue weighted by Crippen LogP contribution is -2.30. The second kappa shape index (κ2) is 8.64. The third-order valence-corrected chi connectivity index (χ3v) is 14.3. The summed E-state index contributed by atoms with van der Waals surface area (Å²) in [6.45, 7) is 9.74. The molecule has 2 aliphatic heterocycles. The molecule has 0 spiro atoms. The van der Waals surface area contributed by atoms with Crippen molar-refractivity contribution in [1.82, 2.24) is 0 Å². The van der Waals surface area contributed by atoms with E-state index in [2.05, 4.69) is 52.0 Å². The third kappa shape index (κ3) is 3.48. The molecule has 2 heteroatoms. The van der Waals surface area contributed by atoms with Gasteiger partial charge in [-0.05, 0) is 84.6 Å². The Bertz CT molecular complexity index is 455. The molecule has 1 aromatic rings. The number of benzene rings is 1. The molecule has 1 aromatic carbocycles. The molecule has 0 aliphatic carbocycles. The molecule has 2 aliphatic rings. The van der Waals surface area contributed by atoms with Crippen molar-refractivity contribution in [2.75, 3.05) is 0 Å². The van der Waals surface area contributed by atoms with E-state index < -0.39 is 0 Å². The first-order valence-corrected chi connectivity index (χ1v) is 13.4. The summed E-state index contributed by atoms with van der Waals surface area (Å²) in [5, 5.41) is 3.68. The van der Waals surface area contributed by atoms with Crippen LogP contribution in [0.2, 0.25) is 0 Å². The summed E-state index contributed by atoms with van der Waals surface area (Å²) in [4.78, 5) is 0. The van der Waals surface area contributed by atoms with Gasteiger partial charge < -0.3 is 0 Å². The fraction of sp³-hybridized carbons (Fsp3) is 0.727. The van der Waals surface area contributed by atoms with Crippen LogP contribution in [0, 0.1) is 0 Å². The molecule has 0 aromatic heterocycles. The molecule has 0 amide bonds.